The molecule has 2 rings (SSSR count). The monoisotopic (exact) mass is 220 g/mol. The second-order valence-corrected chi connectivity index (χ2v) is 4.62. The molecule has 1 heterocycles. The van der Waals surface area contributed by atoms with Gasteiger partial charge in [0.1, 0.15) is 5.69 Å². The van der Waals surface area contributed by atoms with Gasteiger partial charge in [0.25, 0.3) is 5.69 Å². The smallest absolute Gasteiger partial charge is 0.292 e. The normalized spacial score (nSPS) is 22.6. The number of nitro benzene ring substituents is 1. The van der Waals surface area contributed by atoms with Crippen molar-refractivity contribution in [2.75, 3.05) is 11.9 Å². The minimum atomic E-state index is -0.316. The number of rotatable bonds is 3. The molecule has 1 aromatic rings. The van der Waals surface area contributed by atoms with Gasteiger partial charge in [0, 0.05) is 18.0 Å². The number of nitrogens with zero attached hydrogens (tertiary/aromatic N) is 1. The summed E-state index contributed by atoms with van der Waals surface area (Å²) in [5.74, 6) is 0. The zero-order valence-corrected chi connectivity index (χ0v) is 9.62. The summed E-state index contributed by atoms with van der Waals surface area (Å²) in [4.78, 5) is 10.6. The summed E-state index contributed by atoms with van der Waals surface area (Å²) in [6.45, 7) is 5.10. The third-order valence-corrected chi connectivity index (χ3v) is 3.35. The van der Waals surface area contributed by atoms with Crippen LogP contribution >= 0.6 is 0 Å². The average molecular weight is 220 g/mol. The predicted octanol–water partition coefficient (Wildman–Crippen LogP) is 3.08. The highest BCUT2D eigenvalue weighted by molar-refractivity contribution is 5.71. The van der Waals surface area contributed by atoms with Crippen LogP contribution in [0, 0.1) is 10.1 Å². The van der Waals surface area contributed by atoms with E-state index in [4.69, 9.17) is 0 Å². The van der Waals surface area contributed by atoms with Crippen molar-refractivity contribution in [3.63, 3.8) is 0 Å². The molecule has 1 N–H and O–H groups in total. The van der Waals surface area contributed by atoms with Crippen molar-refractivity contribution in [1.82, 2.24) is 0 Å². The molecule has 1 aromatic carbocycles. The Kier molecular flexibility index (Phi) is 2.58. The highest BCUT2D eigenvalue weighted by Gasteiger charge is 2.37. The maximum atomic E-state index is 10.9. The van der Waals surface area contributed by atoms with Crippen LogP contribution in [0.25, 0.3) is 0 Å². The average Bonchev–Trinajstić information content (AvgIpc) is 2.57. The molecule has 0 amide bonds. The van der Waals surface area contributed by atoms with Crippen molar-refractivity contribution in [3.05, 3.63) is 33.9 Å². The molecule has 0 fully saturated rings. The lowest BCUT2D eigenvalue weighted by Gasteiger charge is -2.22. The Morgan fingerprint density at radius 2 is 2.31 bits per heavy atom. The van der Waals surface area contributed by atoms with Gasteiger partial charge in [0.15, 0.2) is 0 Å². The molecule has 0 bridgehead atoms. The van der Waals surface area contributed by atoms with E-state index in [1.807, 2.05) is 6.07 Å². The summed E-state index contributed by atoms with van der Waals surface area (Å²) < 4.78 is 0. The first kappa shape index (κ1) is 10.9. The molecule has 86 valence electrons. The van der Waals surface area contributed by atoms with Crippen LogP contribution in [0.1, 0.15) is 32.3 Å². The molecule has 0 radical (unpaired) electrons. The summed E-state index contributed by atoms with van der Waals surface area (Å²) in [5.41, 5.74) is 2.03. The van der Waals surface area contributed by atoms with Gasteiger partial charge in [-0.25, -0.2) is 0 Å². The quantitative estimate of drug-likeness (QED) is 0.629. The lowest BCUT2D eigenvalue weighted by atomic mass is 9.80. The molecule has 0 spiro atoms. The number of fused-ring (bicyclic) bond motifs is 1. The van der Waals surface area contributed by atoms with Crippen LogP contribution in [-0.4, -0.2) is 11.5 Å². The van der Waals surface area contributed by atoms with Crippen LogP contribution in [0.4, 0.5) is 11.4 Å². The molecule has 0 saturated carbocycles. The van der Waals surface area contributed by atoms with Gasteiger partial charge in [0.2, 0.25) is 0 Å². The van der Waals surface area contributed by atoms with E-state index in [0.29, 0.717) is 5.69 Å². The fourth-order valence-corrected chi connectivity index (χ4v) is 2.53. The van der Waals surface area contributed by atoms with E-state index < -0.39 is 0 Å². The first-order chi connectivity index (χ1) is 7.58. The Morgan fingerprint density at radius 1 is 1.56 bits per heavy atom. The van der Waals surface area contributed by atoms with E-state index in [1.165, 1.54) is 0 Å². The molecule has 0 aromatic heterocycles. The molecule has 16 heavy (non-hydrogen) atoms. The minimum absolute atomic E-state index is 0.0378. The van der Waals surface area contributed by atoms with E-state index in [2.05, 4.69) is 19.2 Å². The standard InChI is InChI=1S/C12H16N2O2/c1-3-7-12(2)8-13-11-9(12)5-4-6-10(11)14(15)16/h4-6,13H,3,7-8H2,1-2H3. The Morgan fingerprint density at radius 3 is 2.94 bits per heavy atom. The molecule has 0 aliphatic carbocycles. The summed E-state index contributed by atoms with van der Waals surface area (Å²) in [6.07, 6.45) is 2.13. The Labute approximate surface area is 94.8 Å². The Hall–Kier alpha value is -1.58. The zero-order chi connectivity index (χ0) is 11.8. The number of nitrogens with one attached hydrogen (secondary N) is 1. The van der Waals surface area contributed by atoms with Crippen molar-refractivity contribution in [2.45, 2.75) is 32.1 Å². The van der Waals surface area contributed by atoms with Crippen molar-refractivity contribution in [3.8, 4) is 0 Å². The third-order valence-electron chi connectivity index (χ3n) is 3.35. The van der Waals surface area contributed by atoms with Crippen LogP contribution < -0.4 is 5.32 Å². The summed E-state index contributed by atoms with van der Waals surface area (Å²) in [7, 11) is 0. The molecule has 1 unspecified atom stereocenters. The second kappa shape index (κ2) is 3.77. The van der Waals surface area contributed by atoms with Crippen LogP contribution in [0.3, 0.4) is 0 Å². The van der Waals surface area contributed by atoms with Crippen molar-refractivity contribution in [2.24, 2.45) is 0 Å². The summed E-state index contributed by atoms with van der Waals surface area (Å²) >= 11 is 0. The SMILES string of the molecule is CCCC1(C)CNc2c([N+](=O)[O-])cccc21. The van der Waals surface area contributed by atoms with Gasteiger partial charge in [-0.15, -0.1) is 0 Å². The van der Waals surface area contributed by atoms with Gasteiger partial charge >= 0.3 is 0 Å². The van der Waals surface area contributed by atoms with Crippen molar-refractivity contribution >= 4 is 11.4 Å². The molecule has 0 saturated heterocycles. The topological polar surface area (TPSA) is 55.2 Å². The molecule has 4 nitrogen and oxygen atoms in total. The number of hydrogen-bond acceptors (Lipinski definition) is 3. The predicted molar refractivity (Wildman–Crippen MR) is 63.8 cm³/mol. The van der Waals surface area contributed by atoms with Gasteiger partial charge in [-0.1, -0.05) is 32.4 Å². The molecular weight excluding hydrogens is 204 g/mol. The minimum Gasteiger partial charge on any atom is -0.378 e. The Bertz CT molecular complexity index is 431. The number of nitro groups is 1. The largest absolute Gasteiger partial charge is 0.378 e. The second-order valence-electron chi connectivity index (χ2n) is 4.62. The van der Waals surface area contributed by atoms with Gasteiger partial charge in [-0.2, -0.15) is 0 Å². The van der Waals surface area contributed by atoms with Gasteiger partial charge in [-0.05, 0) is 12.0 Å². The molecule has 1 aliphatic heterocycles. The lowest BCUT2D eigenvalue weighted by Crippen LogP contribution is -2.23. The third kappa shape index (κ3) is 1.54. The van der Waals surface area contributed by atoms with E-state index in [9.17, 15) is 10.1 Å². The Balaban J connectivity index is 2.49. The first-order valence-electron chi connectivity index (χ1n) is 5.60. The highest BCUT2D eigenvalue weighted by atomic mass is 16.6. The molecule has 1 atom stereocenters. The van der Waals surface area contributed by atoms with E-state index in [0.717, 1.165) is 24.9 Å². The maximum Gasteiger partial charge on any atom is 0.292 e. The molecule has 1 aliphatic rings. The fourth-order valence-electron chi connectivity index (χ4n) is 2.53. The van der Waals surface area contributed by atoms with Crippen LogP contribution in [0.2, 0.25) is 0 Å². The van der Waals surface area contributed by atoms with E-state index >= 15 is 0 Å². The van der Waals surface area contributed by atoms with Crippen molar-refractivity contribution < 1.29 is 4.92 Å². The lowest BCUT2D eigenvalue weighted by molar-refractivity contribution is -0.383. The number of anilines is 1. The zero-order valence-electron chi connectivity index (χ0n) is 9.62. The number of para-hydroxylation sites is 1. The summed E-state index contributed by atoms with van der Waals surface area (Å²) in [5, 5.41) is 14.1. The maximum absolute atomic E-state index is 10.9. The van der Waals surface area contributed by atoms with Gasteiger partial charge in [-0.3, -0.25) is 10.1 Å². The first-order valence-corrected chi connectivity index (χ1v) is 5.60. The highest BCUT2D eigenvalue weighted by Crippen LogP contribution is 2.43. The molecular formula is C12H16N2O2. The van der Waals surface area contributed by atoms with Crippen LogP contribution in [-0.2, 0) is 5.41 Å². The van der Waals surface area contributed by atoms with E-state index in [1.54, 1.807) is 12.1 Å². The van der Waals surface area contributed by atoms with Gasteiger partial charge in [0.05, 0.1) is 4.92 Å². The van der Waals surface area contributed by atoms with E-state index in [-0.39, 0.29) is 16.0 Å². The summed E-state index contributed by atoms with van der Waals surface area (Å²) in [6, 6.07) is 5.33. The number of benzene rings is 1. The van der Waals surface area contributed by atoms with Gasteiger partial charge < -0.3 is 5.32 Å². The van der Waals surface area contributed by atoms with Crippen LogP contribution in [0.5, 0.6) is 0 Å². The fraction of sp³-hybridized carbons (Fsp3) is 0.500. The van der Waals surface area contributed by atoms with Crippen LogP contribution in [0.15, 0.2) is 18.2 Å². The number of hydrogen-bond donors (Lipinski definition) is 1. The van der Waals surface area contributed by atoms with Crippen molar-refractivity contribution in [1.29, 1.82) is 0 Å². The molecule has 4 heteroatoms.